The molecule has 4 rings (SSSR count). The van der Waals surface area contributed by atoms with Crippen molar-refractivity contribution in [1.29, 1.82) is 0 Å². The van der Waals surface area contributed by atoms with Gasteiger partial charge in [-0.2, -0.15) is 4.98 Å². The van der Waals surface area contributed by atoms with E-state index in [2.05, 4.69) is 25.4 Å². The predicted molar refractivity (Wildman–Crippen MR) is 79.0 cm³/mol. The molecule has 1 aliphatic rings. The van der Waals surface area contributed by atoms with Gasteiger partial charge in [0.05, 0.1) is 5.41 Å². The number of carbonyl (C=O) groups is 1. The van der Waals surface area contributed by atoms with Crippen LogP contribution in [0.4, 0.5) is 0 Å². The number of aromatic nitrogens is 4. The number of aromatic amines is 1. The summed E-state index contributed by atoms with van der Waals surface area (Å²) in [6.45, 7) is 2.62. The van der Waals surface area contributed by atoms with Crippen LogP contribution in [0.1, 0.15) is 25.7 Å². The first-order chi connectivity index (χ1) is 10.7. The largest absolute Gasteiger partial charge is 0.356 e. The zero-order valence-electron chi connectivity index (χ0n) is 12.1. The Labute approximate surface area is 126 Å². The lowest BCUT2D eigenvalue weighted by molar-refractivity contribution is -0.124. The first-order valence-corrected chi connectivity index (χ1v) is 7.19. The molecular weight excluding hydrogens is 282 g/mol. The second kappa shape index (κ2) is 4.66. The van der Waals surface area contributed by atoms with E-state index in [1.165, 1.54) is 0 Å². The van der Waals surface area contributed by atoms with Gasteiger partial charge in [0.1, 0.15) is 5.65 Å². The number of pyridine rings is 1. The Bertz CT molecular complexity index is 852. The van der Waals surface area contributed by atoms with Gasteiger partial charge in [-0.15, -0.1) is 0 Å². The van der Waals surface area contributed by atoms with Crippen LogP contribution in [0.25, 0.3) is 22.4 Å². The molecule has 4 heterocycles. The van der Waals surface area contributed by atoms with Crippen LogP contribution in [0.15, 0.2) is 29.0 Å². The summed E-state index contributed by atoms with van der Waals surface area (Å²) in [7, 11) is 0. The van der Waals surface area contributed by atoms with Gasteiger partial charge >= 0.3 is 0 Å². The molecule has 1 fully saturated rings. The van der Waals surface area contributed by atoms with E-state index in [0.29, 0.717) is 24.7 Å². The van der Waals surface area contributed by atoms with Gasteiger partial charge in [0.2, 0.25) is 17.6 Å². The molecule has 0 spiro atoms. The van der Waals surface area contributed by atoms with Crippen molar-refractivity contribution in [2.24, 2.45) is 0 Å². The number of carbonyl (C=O) groups excluding carboxylic acids is 1. The highest BCUT2D eigenvalue weighted by Crippen LogP contribution is 2.34. The molecule has 0 radical (unpaired) electrons. The molecule has 22 heavy (non-hydrogen) atoms. The Morgan fingerprint density at radius 1 is 1.36 bits per heavy atom. The number of amides is 1. The molecular formula is C15H15N5O2. The highest BCUT2D eigenvalue weighted by atomic mass is 16.5. The molecule has 7 heteroatoms. The Morgan fingerprint density at radius 2 is 2.27 bits per heavy atom. The average Bonchev–Trinajstić information content (AvgIpc) is 3.16. The third-order valence-corrected chi connectivity index (χ3v) is 4.19. The van der Waals surface area contributed by atoms with Crippen LogP contribution in [-0.4, -0.2) is 32.6 Å². The van der Waals surface area contributed by atoms with Gasteiger partial charge in [-0.3, -0.25) is 4.79 Å². The minimum absolute atomic E-state index is 0.0189. The molecule has 3 aromatic rings. The van der Waals surface area contributed by atoms with Crippen molar-refractivity contribution < 1.29 is 9.32 Å². The average molecular weight is 297 g/mol. The number of nitrogens with one attached hydrogen (secondary N) is 2. The lowest BCUT2D eigenvalue weighted by Gasteiger charge is -2.29. The normalized spacial score (nSPS) is 22.0. The van der Waals surface area contributed by atoms with Crippen molar-refractivity contribution in [3.63, 3.8) is 0 Å². The quantitative estimate of drug-likeness (QED) is 0.751. The number of hydrogen-bond donors (Lipinski definition) is 2. The maximum Gasteiger partial charge on any atom is 0.233 e. The molecule has 0 bridgehead atoms. The second-order valence-electron chi connectivity index (χ2n) is 5.86. The monoisotopic (exact) mass is 297 g/mol. The Morgan fingerprint density at radius 3 is 3.14 bits per heavy atom. The van der Waals surface area contributed by atoms with Crippen LogP contribution in [0, 0.1) is 0 Å². The highest BCUT2D eigenvalue weighted by molar-refractivity contribution is 5.90. The van der Waals surface area contributed by atoms with Crippen LogP contribution in [-0.2, 0) is 10.2 Å². The number of hydrogen-bond acceptors (Lipinski definition) is 5. The zero-order valence-corrected chi connectivity index (χ0v) is 12.1. The van der Waals surface area contributed by atoms with Crippen molar-refractivity contribution in [3.05, 3.63) is 30.4 Å². The van der Waals surface area contributed by atoms with Crippen LogP contribution in [0.5, 0.6) is 0 Å². The molecule has 1 unspecified atom stereocenters. The molecule has 1 aliphatic heterocycles. The fraction of sp³-hybridized carbons (Fsp3) is 0.333. The minimum Gasteiger partial charge on any atom is -0.356 e. The number of H-pyrrole nitrogens is 1. The predicted octanol–water partition coefficient (Wildman–Crippen LogP) is 1.78. The standard InChI is InChI=1S/C15H15N5O2/c1-15(4-7-16-11(21)8-15)14-19-13(20-22-14)10-3-6-18-12-9(10)2-5-17-12/h2-3,5-6H,4,7-8H2,1H3,(H,16,21)(H,17,18). The third-order valence-electron chi connectivity index (χ3n) is 4.19. The van der Waals surface area contributed by atoms with E-state index in [9.17, 15) is 4.79 Å². The Hall–Kier alpha value is -2.70. The van der Waals surface area contributed by atoms with Crippen molar-refractivity contribution in [3.8, 4) is 11.4 Å². The van der Waals surface area contributed by atoms with E-state index in [1.54, 1.807) is 6.20 Å². The number of fused-ring (bicyclic) bond motifs is 1. The zero-order chi connectivity index (χ0) is 15.2. The molecule has 1 saturated heterocycles. The fourth-order valence-corrected chi connectivity index (χ4v) is 2.90. The molecule has 1 amide bonds. The lowest BCUT2D eigenvalue weighted by atomic mass is 9.80. The maximum atomic E-state index is 11.7. The Kier molecular flexibility index (Phi) is 2.75. The summed E-state index contributed by atoms with van der Waals surface area (Å²) in [4.78, 5) is 23.5. The van der Waals surface area contributed by atoms with Crippen LogP contribution in [0.3, 0.4) is 0 Å². The van der Waals surface area contributed by atoms with Crippen molar-refractivity contribution >= 4 is 16.9 Å². The molecule has 2 N–H and O–H groups in total. The first-order valence-electron chi connectivity index (χ1n) is 7.19. The maximum absolute atomic E-state index is 11.7. The van der Waals surface area contributed by atoms with Crippen molar-refractivity contribution in [2.45, 2.75) is 25.2 Å². The highest BCUT2D eigenvalue weighted by Gasteiger charge is 2.38. The molecule has 3 aromatic heterocycles. The molecule has 0 aromatic carbocycles. The van der Waals surface area contributed by atoms with Gasteiger partial charge in [0, 0.05) is 36.3 Å². The van der Waals surface area contributed by atoms with Crippen molar-refractivity contribution in [1.82, 2.24) is 25.4 Å². The summed E-state index contributed by atoms with van der Waals surface area (Å²) in [5, 5.41) is 7.87. The molecule has 112 valence electrons. The van der Waals surface area contributed by atoms with Crippen LogP contribution in [0.2, 0.25) is 0 Å². The summed E-state index contributed by atoms with van der Waals surface area (Å²) >= 11 is 0. The fourth-order valence-electron chi connectivity index (χ4n) is 2.90. The van der Waals surface area contributed by atoms with E-state index in [1.807, 2.05) is 25.3 Å². The smallest absolute Gasteiger partial charge is 0.233 e. The van der Waals surface area contributed by atoms with E-state index in [-0.39, 0.29) is 5.91 Å². The van der Waals surface area contributed by atoms with Gasteiger partial charge in [-0.1, -0.05) is 12.1 Å². The minimum atomic E-state index is -0.405. The van der Waals surface area contributed by atoms with Crippen LogP contribution >= 0.6 is 0 Å². The molecule has 7 nitrogen and oxygen atoms in total. The van der Waals surface area contributed by atoms with Gasteiger partial charge in [0.25, 0.3) is 0 Å². The van der Waals surface area contributed by atoms with Gasteiger partial charge < -0.3 is 14.8 Å². The van der Waals surface area contributed by atoms with Gasteiger partial charge in [-0.25, -0.2) is 4.98 Å². The second-order valence-corrected chi connectivity index (χ2v) is 5.86. The van der Waals surface area contributed by atoms with E-state index < -0.39 is 5.41 Å². The lowest BCUT2D eigenvalue weighted by Crippen LogP contribution is -2.41. The van der Waals surface area contributed by atoms with E-state index >= 15 is 0 Å². The number of piperidine rings is 1. The first kappa shape index (κ1) is 13.0. The Balaban J connectivity index is 1.75. The number of nitrogens with zero attached hydrogens (tertiary/aromatic N) is 3. The van der Waals surface area contributed by atoms with Gasteiger partial charge in [-0.05, 0) is 18.6 Å². The molecule has 0 aliphatic carbocycles. The molecule has 0 saturated carbocycles. The van der Waals surface area contributed by atoms with Gasteiger partial charge in [0.15, 0.2) is 0 Å². The summed E-state index contributed by atoms with van der Waals surface area (Å²) in [6, 6.07) is 3.80. The third kappa shape index (κ3) is 1.97. The molecule has 1 atom stereocenters. The summed E-state index contributed by atoms with van der Waals surface area (Å²) in [5.41, 5.74) is 1.25. The summed E-state index contributed by atoms with van der Waals surface area (Å²) < 4.78 is 5.46. The van der Waals surface area contributed by atoms with E-state index in [0.717, 1.165) is 23.0 Å². The summed E-state index contributed by atoms with van der Waals surface area (Å²) in [5.74, 6) is 1.05. The topological polar surface area (TPSA) is 96.7 Å². The summed E-state index contributed by atoms with van der Waals surface area (Å²) in [6.07, 6.45) is 4.69. The SMILES string of the molecule is CC1(c2nc(-c3ccnc4[nH]ccc34)no2)CCNC(=O)C1. The van der Waals surface area contributed by atoms with Crippen LogP contribution < -0.4 is 5.32 Å². The van der Waals surface area contributed by atoms with E-state index in [4.69, 9.17) is 4.52 Å². The van der Waals surface area contributed by atoms with Crippen molar-refractivity contribution in [2.75, 3.05) is 6.54 Å². The number of rotatable bonds is 2.